The van der Waals surface area contributed by atoms with E-state index >= 15 is 0 Å². The summed E-state index contributed by atoms with van der Waals surface area (Å²) in [4.78, 5) is 28.6. The molecule has 0 saturated carbocycles. The van der Waals surface area contributed by atoms with Gasteiger partial charge in [-0.3, -0.25) is 13.9 Å². The molecular weight excluding hydrogens is 380 g/mol. The zero-order chi connectivity index (χ0) is 14.5. The Kier molecular flexibility index (Phi) is 3.74. The van der Waals surface area contributed by atoms with Crippen LogP contribution in [0.3, 0.4) is 0 Å². The molecule has 0 aliphatic carbocycles. The summed E-state index contributed by atoms with van der Waals surface area (Å²) in [5.41, 5.74) is 0.127. The van der Waals surface area contributed by atoms with Crippen LogP contribution in [0.5, 0.6) is 0 Å². The Morgan fingerprint density at radius 3 is 2.16 bits per heavy atom. The second kappa shape index (κ2) is 4.90. The summed E-state index contributed by atoms with van der Waals surface area (Å²) in [6.45, 7) is 1.98. The fraction of sp³-hybridized carbons (Fsp3) is 0.545. The summed E-state index contributed by atoms with van der Waals surface area (Å²) in [6.07, 6.45) is 0. The number of aryl methyl sites for hydroxylation is 2. The number of imidazole rings is 1. The maximum absolute atomic E-state index is 12.2. The third-order valence-corrected chi connectivity index (χ3v) is 5.60. The first kappa shape index (κ1) is 14.5. The van der Waals surface area contributed by atoms with E-state index in [0.717, 1.165) is 4.57 Å². The van der Waals surface area contributed by atoms with Gasteiger partial charge in [0, 0.05) is 26.0 Å². The van der Waals surface area contributed by atoms with Gasteiger partial charge in [-0.25, -0.2) is 9.78 Å². The Morgan fingerprint density at radius 1 is 1.05 bits per heavy atom. The Balaban J connectivity index is 2.93. The maximum atomic E-state index is 12.2. The van der Waals surface area contributed by atoms with Crippen molar-refractivity contribution in [2.24, 2.45) is 21.1 Å². The fourth-order valence-corrected chi connectivity index (χ4v) is 2.63. The van der Waals surface area contributed by atoms with Crippen molar-refractivity contribution in [1.29, 1.82) is 0 Å². The van der Waals surface area contributed by atoms with Crippen LogP contribution in [0.4, 0.5) is 0 Å². The molecule has 0 unspecified atom stereocenters. The molecule has 0 N–H and O–H groups in total. The lowest BCUT2D eigenvalue weighted by atomic mass is 10.3. The zero-order valence-electron chi connectivity index (χ0n) is 11.0. The summed E-state index contributed by atoms with van der Waals surface area (Å²) in [7, 11) is 4.86. The summed E-state index contributed by atoms with van der Waals surface area (Å²) in [5, 5.41) is 0. The summed E-state index contributed by atoms with van der Waals surface area (Å²) in [6, 6.07) is 0. The first-order valence-corrected chi connectivity index (χ1v) is 7.51. The third kappa shape index (κ3) is 2.10. The van der Waals surface area contributed by atoms with Crippen LogP contribution in [0.15, 0.2) is 9.59 Å². The second-order valence-corrected chi connectivity index (χ2v) is 6.92. The Bertz CT molecular complexity index is 757. The molecule has 0 fully saturated rings. The van der Waals surface area contributed by atoms with Crippen molar-refractivity contribution < 1.29 is 0 Å². The van der Waals surface area contributed by atoms with Gasteiger partial charge in [0.2, 0.25) is 0 Å². The van der Waals surface area contributed by atoms with Gasteiger partial charge in [0.15, 0.2) is 11.2 Å². The third-order valence-electron chi connectivity index (χ3n) is 3.16. The maximum Gasteiger partial charge on any atom is 0.332 e. The monoisotopic (exact) mass is 392 g/mol. The Hall–Kier alpha value is -0.890. The van der Waals surface area contributed by atoms with Crippen LogP contribution in [0.25, 0.3) is 11.2 Å². The van der Waals surface area contributed by atoms with Crippen LogP contribution >= 0.6 is 31.9 Å². The Labute approximate surface area is 126 Å². The predicted octanol–water partition coefficient (Wildman–Crippen LogP) is 1.19. The Morgan fingerprint density at radius 2 is 1.63 bits per heavy atom. The summed E-state index contributed by atoms with van der Waals surface area (Å²) in [5.74, 6) is 0.706. The predicted molar refractivity (Wildman–Crippen MR) is 81.3 cm³/mol. The molecule has 2 rings (SSSR count). The number of hydrogen-bond donors (Lipinski definition) is 0. The highest BCUT2D eigenvalue weighted by Gasteiger charge is 2.23. The first-order valence-electron chi connectivity index (χ1n) is 5.67. The number of alkyl halides is 2. The molecule has 2 heterocycles. The quantitative estimate of drug-likeness (QED) is 0.720. The lowest BCUT2D eigenvalue weighted by molar-refractivity contribution is 0.705. The lowest BCUT2D eigenvalue weighted by Crippen LogP contribution is -2.37. The minimum atomic E-state index is -0.375. The highest BCUT2D eigenvalue weighted by molar-refractivity contribution is 9.12. The van der Waals surface area contributed by atoms with E-state index in [4.69, 9.17) is 0 Å². The molecule has 2 aromatic rings. The van der Waals surface area contributed by atoms with Crippen LogP contribution in [-0.2, 0) is 21.1 Å². The molecule has 0 aliphatic heterocycles. The number of fused-ring (bicyclic) bond motifs is 1. The van der Waals surface area contributed by atoms with Gasteiger partial charge in [0.05, 0.1) is 4.83 Å². The molecule has 0 amide bonds. The van der Waals surface area contributed by atoms with Crippen molar-refractivity contribution >= 4 is 43.0 Å². The van der Waals surface area contributed by atoms with Crippen molar-refractivity contribution in [3.05, 3.63) is 26.7 Å². The van der Waals surface area contributed by atoms with E-state index in [1.54, 1.807) is 18.7 Å². The first-order chi connectivity index (χ1) is 8.77. The number of nitrogens with zero attached hydrogens (tertiary/aromatic N) is 4. The highest BCUT2D eigenvalue weighted by atomic mass is 79.9. The number of aromatic nitrogens is 4. The van der Waals surface area contributed by atoms with Crippen molar-refractivity contribution in [2.75, 3.05) is 0 Å². The fourth-order valence-electron chi connectivity index (χ4n) is 1.99. The van der Waals surface area contributed by atoms with Gasteiger partial charge in [-0.1, -0.05) is 38.8 Å². The van der Waals surface area contributed by atoms with E-state index in [-0.39, 0.29) is 20.9 Å². The van der Waals surface area contributed by atoms with E-state index < -0.39 is 0 Å². The molecule has 0 spiro atoms. The molecule has 2 atom stereocenters. The molecule has 8 heteroatoms. The van der Waals surface area contributed by atoms with E-state index in [1.165, 1.54) is 11.6 Å². The molecular formula is C11H14Br2N4O2. The normalized spacial score (nSPS) is 14.8. The number of halogens is 2. The van der Waals surface area contributed by atoms with Crippen molar-refractivity contribution in [3.63, 3.8) is 0 Å². The van der Waals surface area contributed by atoms with Gasteiger partial charge in [0.25, 0.3) is 5.56 Å². The van der Waals surface area contributed by atoms with E-state index in [9.17, 15) is 9.59 Å². The summed E-state index contributed by atoms with van der Waals surface area (Å²) >= 11 is 7.02. The topological polar surface area (TPSA) is 61.8 Å². The smallest absolute Gasteiger partial charge is 0.324 e. The van der Waals surface area contributed by atoms with E-state index in [2.05, 4.69) is 36.8 Å². The molecule has 19 heavy (non-hydrogen) atoms. The molecule has 0 bridgehead atoms. The van der Waals surface area contributed by atoms with Crippen molar-refractivity contribution in [3.8, 4) is 0 Å². The van der Waals surface area contributed by atoms with Gasteiger partial charge in [-0.2, -0.15) is 0 Å². The number of hydrogen-bond acceptors (Lipinski definition) is 3. The van der Waals surface area contributed by atoms with Crippen LogP contribution in [0, 0.1) is 0 Å². The number of rotatable bonds is 2. The standard InChI is InChI=1S/C11H14Br2N4O2/c1-5(12)6(13)8-14-9-7(15(8)2)10(18)17(4)11(19)16(9)3/h5-6H,1-4H3/t5-,6+/m1/s1. The molecule has 2 aromatic heterocycles. The van der Waals surface area contributed by atoms with Gasteiger partial charge < -0.3 is 4.57 Å². The van der Waals surface area contributed by atoms with Gasteiger partial charge in [0.1, 0.15) is 5.82 Å². The molecule has 104 valence electrons. The van der Waals surface area contributed by atoms with Crippen LogP contribution in [-0.4, -0.2) is 23.5 Å². The average molecular weight is 394 g/mol. The SMILES string of the molecule is C[C@@H](Br)[C@H](Br)c1nc2c(c(=O)n(C)c(=O)n2C)n1C. The van der Waals surface area contributed by atoms with Gasteiger partial charge >= 0.3 is 5.69 Å². The second-order valence-electron chi connectivity index (χ2n) is 4.49. The molecule has 6 nitrogen and oxygen atoms in total. The minimum Gasteiger partial charge on any atom is -0.324 e. The average Bonchev–Trinajstić information content (AvgIpc) is 2.70. The summed E-state index contributed by atoms with van der Waals surface area (Å²) < 4.78 is 4.21. The molecule has 0 saturated heterocycles. The molecule has 0 aromatic carbocycles. The minimum absolute atomic E-state index is 0.0512. The van der Waals surface area contributed by atoms with E-state index in [0.29, 0.717) is 17.0 Å². The van der Waals surface area contributed by atoms with Gasteiger partial charge in [-0.15, -0.1) is 0 Å². The van der Waals surface area contributed by atoms with E-state index in [1.807, 2.05) is 6.92 Å². The molecule has 0 radical (unpaired) electrons. The van der Waals surface area contributed by atoms with Crippen LogP contribution < -0.4 is 11.2 Å². The lowest BCUT2D eigenvalue weighted by Gasteiger charge is -2.11. The molecule has 0 aliphatic rings. The zero-order valence-corrected chi connectivity index (χ0v) is 14.2. The van der Waals surface area contributed by atoms with Crippen molar-refractivity contribution in [2.45, 2.75) is 16.6 Å². The highest BCUT2D eigenvalue weighted by Crippen LogP contribution is 2.30. The van der Waals surface area contributed by atoms with Crippen LogP contribution in [0.2, 0.25) is 0 Å². The largest absolute Gasteiger partial charge is 0.332 e. The van der Waals surface area contributed by atoms with Crippen molar-refractivity contribution in [1.82, 2.24) is 18.7 Å². The van der Waals surface area contributed by atoms with Gasteiger partial charge in [-0.05, 0) is 0 Å². The van der Waals surface area contributed by atoms with Crippen LogP contribution in [0.1, 0.15) is 17.6 Å².